The van der Waals surface area contributed by atoms with E-state index in [4.69, 9.17) is 4.98 Å². The van der Waals surface area contributed by atoms with Gasteiger partial charge in [-0.3, -0.25) is 4.98 Å². The van der Waals surface area contributed by atoms with Crippen molar-refractivity contribution in [1.29, 1.82) is 0 Å². The molecule has 3 aromatic heterocycles. The van der Waals surface area contributed by atoms with Crippen molar-refractivity contribution < 1.29 is 13.2 Å². The first-order valence-corrected chi connectivity index (χ1v) is 11.2. The first-order chi connectivity index (χ1) is 16.2. The fourth-order valence-electron chi connectivity index (χ4n) is 4.47. The zero-order valence-electron chi connectivity index (χ0n) is 19.2. The van der Waals surface area contributed by atoms with Crippen molar-refractivity contribution in [2.24, 2.45) is 7.05 Å². The summed E-state index contributed by atoms with van der Waals surface area (Å²) in [5.41, 5.74) is 4.92. The Kier molecular flexibility index (Phi) is 5.42. The number of aryl methyl sites for hydroxylation is 1. The minimum absolute atomic E-state index is 0.282. The summed E-state index contributed by atoms with van der Waals surface area (Å²) >= 11 is 0. The number of hydrogen-bond donors (Lipinski definition) is 0. The maximum atomic E-state index is 13.0. The Morgan fingerprint density at radius 3 is 2.44 bits per heavy atom. The Labute approximate surface area is 195 Å². The topological polar surface area (TPSA) is 51.8 Å². The van der Waals surface area contributed by atoms with Gasteiger partial charge in [0.2, 0.25) is 0 Å². The highest BCUT2D eigenvalue weighted by Crippen LogP contribution is 2.34. The largest absolute Gasteiger partial charge is 0.434 e. The van der Waals surface area contributed by atoms with Crippen LogP contribution < -0.4 is 4.90 Å². The first-order valence-electron chi connectivity index (χ1n) is 11.2. The molecule has 0 saturated heterocycles. The number of halogens is 3. The molecular formula is C25H25F3N6. The van der Waals surface area contributed by atoms with Crippen molar-refractivity contribution in [2.75, 3.05) is 11.4 Å². The molecule has 176 valence electrons. The van der Waals surface area contributed by atoms with Gasteiger partial charge in [-0.15, -0.1) is 0 Å². The van der Waals surface area contributed by atoms with Crippen LogP contribution in [-0.2, 0) is 26.3 Å². The smallest absolute Gasteiger partial charge is 0.364 e. The number of pyridine rings is 1. The second kappa shape index (κ2) is 8.30. The summed E-state index contributed by atoms with van der Waals surface area (Å²) in [5.74, 6) is 0.570. The van der Waals surface area contributed by atoms with E-state index in [9.17, 15) is 13.2 Å². The van der Waals surface area contributed by atoms with Gasteiger partial charge in [-0.25, -0.2) is 9.97 Å². The number of nitrogens with zero attached hydrogens (tertiary/aromatic N) is 6. The lowest BCUT2D eigenvalue weighted by atomic mass is 10.00. The van der Waals surface area contributed by atoms with E-state index in [-0.39, 0.29) is 11.7 Å². The molecule has 34 heavy (non-hydrogen) atoms. The molecule has 6 nitrogen and oxygen atoms in total. The lowest BCUT2D eigenvalue weighted by Crippen LogP contribution is -2.33. The number of aromatic nitrogens is 5. The lowest BCUT2D eigenvalue weighted by Gasteiger charge is -2.31. The Bertz CT molecular complexity index is 1320. The lowest BCUT2D eigenvalue weighted by molar-refractivity contribution is -0.140. The molecule has 9 heteroatoms. The highest BCUT2D eigenvalue weighted by atomic mass is 19.4. The molecule has 0 bridgehead atoms. The van der Waals surface area contributed by atoms with Gasteiger partial charge in [0, 0.05) is 49.3 Å². The summed E-state index contributed by atoms with van der Waals surface area (Å²) in [7, 11) is 1.57. The van der Waals surface area contributed by atoms with Crippen LogP contribution in [0.2, 0.25) is 0 Å². The van der Waals surface area contributed by atoms with Crippen molar-refractivity contribution >= 4 is 5.69 Å². The predicted octanol–water partition coefficient (Wildman–Crippen LogP) is 5.51. The molecule has 4 aromatic rings. The Morgan fingerprint density at radius 2 is 1.76 bits per heavy atom. The van der Waals surface area contributed by atoms with Crippen molar-refractivity contribution in [2.45, 2.75) is 39.0 Å². The van der Waals surface area contributed by atoms with E-state index in [1.165, 1.54) is 4.57 Å². The molecule has 1 aliphatic rings. The third-order valence-corrected chi connectivity index (χ3v) is 6.20. The summed E-state index contributed by atoms with van der Waals surface area (Å²) in [5, 5.41) is 0. The molecule has 1 aliphatic heterocycles. The van der Waals surface area contributed by atoms with Crippen molar-refractivity contribution in [3.63, 3.8) is 0 Å². The maximum Gasteiger partial charge on any atom is 0.434 e. The molecular weight excluding hydrogens is 441 g/mol. The normalized spacial score (nSPS) is 14.0. The molecule has 0 amide bonds. The van der Waals surface area contributed by atoms with Crippen molar-refractivity contribution in [3.05, 3.63) is 72.2 Å². The fourth-order valence-corrected chi connectivity index (χ4v) is 4.47. The molecule has 1 aromatic carbocycles. The van der Waals surface area contributed by atoms with Gasteiger partial charge in [0.1, 0.15) is 5.82 Å². The van der Waals surface area contributed by atoms with Gasteiger partial charge in [0.05, 0.1) is 30.0 Å². The van der Waals surface area contributed by atoms with Crippen LogP contribution in [0.4, 0.5) is 18.9 Å². The van der Waals surface area contributed by atoms with Gasteiger partial charge in [0.15, 0.2) is 5.69 Å². The molecule has 0 radical (unpaired) electrons. The number of imidazole rings is 2. The predicted molar refractivity (Wildman–Crippen MR) is 124 cm³/mol. The summed E-state index contributed by atoms with van der Waals surface area (Å²) < 4.78 is 42.7. The molecule has 0 fully saturated rings. The average Bonchev–Trinajstić information content (AvgIpc) is 3.42. The standard InChI is InChI=1S/C25H25F3N6/c1-16(2)22-19(5-4-10-29-22)23-20-13-33(11-12-34(20)15-30-23)18-8-6-17(7-9-18)24-31-21(14-32(24)3)25(26,27)28/h4-10,14-16H,11-13H2,1-3H3. The second-order valence-corrected chi connectivity index (χ2v) is 8.85. The van der Waals surface area contributed by atoms with Gasteiger partial charge in [0.25, 0.3) is 0 Å². The van der Waals surface area contributed by atoms with Gasteiger partial charge in [-0.1, -0.05) is 13.8 Å². The van der Waals surface area contributed by atoms with E-state index in [2.05, 4.69) is 39.3 Å². The molecule has 0 aliphatic carbocycles. The number of fused-ring (bicyclic) bond motifs is 1. The minimum Gasteiger partial charge on any atom is -0.364 e. The van der Waals surface area contributed by atoms with E-state index in [0.29, 0.717) is 12.1 Å². The SMILES string of the molecule is CC(C)c1ncccc1-c1ncn2c1CN(c1ccc(-c3nc(C(F)(F)F)cn3C)cc1)CC2. The average molecular weight is 467 g/mol. The summed E-state index contributed by atoms with van der Waals surface area (Å²) in [6, 6.07) is 11.5. The second-order valence-electron chi connectivity index (χ2n) is 8.85. The van der Waals surface area contributed by atoms with E-state index >= 15 is 0 Å². The summed E-state index contributed by atoms with van der Waals surface area (Å²) in [6.45, 7) is 6.55. The number of benzene rings is 1. The van der Waals surface area contributed by atoms with E-state index < -0.39 is 11.9 Å². The van der Waals surface area contributed by atoms with Crippen LogP contribution in [0, 0.1) is 0 Å². The summed E-state index contributed by atoms with van der Waals surface area (Å²) in [6.07, 6.45) is 0.255. The molecule has 4 heterocycles. The summed E-state index contributed by atoms with van der Waals surface area (Å²) in [4.78, 5) is 15.3. The molecule has 0 spiro atoms. The number of anilines is 1. The van der Waals surface area contributed by atoms with Crippen LogP contribution in [0.25, 0.3) is 22.6 Å². The van der Waals surface area contributed by atoms with E-state index in [1.54, 1.807) is 7.05 Å². The third-order valence-electron chi connectivity index (χ3n) is 6.20. The minimum atomic E-state index is -4.46. The van der Waals surface area contributed by atoms with Gasteiger partial charge in [-0.05, 0) is 42.3 Å². The van der Waals surface area contributed by atoms with Crippen LogP contribution in [0.15, 0.2) is 55.1 Å². The van der Waals surface area contributed by atoms with Crippen molar-refractivity contribution in [3.8, 4) is 22.6 Å². The van der Waals surface area contributed by atoms with Gasteiger partial charge < -0.3 is 14.0 Å². The highest BCUT2D eigenvalue weighted by molar-refractivity contribution is 5.67. The monoisotopic (exact) mass is 466 g/mol. The van der Waals surface area contributed by atoms with Crippen LogP contribution in [-0.4, -0.2) is 30.6 Å². The first kappa shape index (κ1) is 22.2. The molecule has 0 unspecified atom stereocenters. The molecule has 0 saturated carbocycles. The van der Waals surface area contributed by atoms with E-state index in [1.807, 2.05) is 42.9 Å². The third kappa shape index (κ3) is 3.95. The Morgan fingerprint density at radius 1 is 1.00 bits per heavy atom. The maximum absolute atomic E-state index is 13.0. The van der Waals surface area contributed by atoms with Crippen LogP contribution >= 0.6 is 0 Å². The zero-order valence-corrected chi connectivity index (χ0v) is 19.2. The molecule has 0 atom stereocenters. The fraction of sp³-hybridized carbons (Fsp3) is 0.320. The van der Waals surface area contributed by atoms with E-state index in [0.717, 1.165) is 47.6 Å². The highest BCUT2D eigenvalue weighted by Gasteiger charge is 2.34. The van der Waals surface area contributed by atoms with Crippen LogP contribution in [0.3, 0.4) is 0 Å². The van der Waals surface area contributed by atoms with Gasteiger partial charge in [-0.2, -0.15) is 13.2 Å². The number of hydrogen-bond acceptors (Lipinski definition) is 4. The quantitative estimate of drug-likeness (QED) is 0.398. The zero-order chi connectivity index (χ0) is 24.0. The molecule has 0 N–H and O–H groups in total. The Hall–Kier alpha value is -3.62. The molecule has 5 rings (SSSR count). The van der Waals surface area contributed by atoms with Crippen LogP contribution in [0.5, 0.6) is 0 Å². The number of rotatable bonds is 4. The van der Waals surface area contributed by atoms with Gasteiger partial charge >= 0.3 is 6.18 Å². The number of alkyl halides is 3. The Balaban J connectivity index is 1.42. The van der Waals surface area contributed by atoms with Crippen molar-refractivity contribution in [1.82, 2.24) is 24.1 Å². The van der Waals surface area contributed by atoms with Crippen LogP contribution in [0.1, 0.15) is 36.8 Å².